The molecule has 1 N–H and O–H groups in total. The molecular formula is C23H23N7OS2. The van der Waals surface area contributed by atoms with Gasteiger partial charge >= 0.3 is 0 Å². The molecule has 4 aromatic heterocycles. The number of hydrogen-bond donors (Lipinski definition) is 1. The number of nitrogens with one attached hydrogen (secondary N) is 1. The zero-order valence-electron chi connectivity index (χ0n) is 18.4. The Hall–Kier alpha value is -2.95. The van der Waals surface area contributed by atoms with Crippen LogP contribution in [-0.4, -0.2) is 61.3 Å². The molecule has 5 heterocycles. The van der Waals surface area contributed by atoms with Crippen LogP contribution in [0.3, 0.4) is 0 Å². The van der Waals surface area contributed by atoms with Crippen LogP contribution in [0.2, 0.25) is 0 Å². The second-order valence-corrected chi connectivity index (χ2v) is 10.5. The number of fused-ring (bicyclic) bond motifs is 1. The second kappa shape index (κ2) is 9.50. The number of thioether (sulfide) groups is 1. The van der Waals surface area contributed by atoms with Crippen molar-refractivity contribution in [1.29, 1.82) is 0 Å². The summed E-state index contributed by atoms with van der Waals surface area (Å²) in [6.45, 7) is 4.11. The van der Waals surface area contributed by atoms with Gasteiger partial charge in [0.25, 0.3) is 5.91 Å². The number of pyridine rings is 3. The van der Waals surface area contributed by atoms with Crippen molar-refractivity contribution in [3.63, 3.8) is 0 Å². The molecule has 0 saturated carbocycles. The van der Waals surface area contributed by atoms with Gasteiger partial charge in [-0.05, 0) is 64.2 Å². The summed E-state index contributed by atoms with van der Waals surface area (Å²) < 4.78 is 0. The summed E-state index contributed by atoms with van der Waals surface area (Å²) in [6, 6.07) is 9.21. The zero-order valence-corrected chi connectivity index (χ0v) is 20.0. The van der Waals surface area contributed by atoms with E-state index in [4.69, 9.17) is 0 Å². The summed E-state index contributed by atoms with van der Waals surface area (Å²) in [5.41, 5.74) is 2.05. The Morgan fingerprint density at radius 1 is 1.15 bits per heavy atom. The van der Waals surface area contributed by atoms with E-state index in [2.05, 4.69) is 42.4 Å². The summed E-state index contributed by atoms with van der Waals surface area (Å²) in [5.74, 6) is 0.234. The van der Waals surface area contributed by atoms with Crippen LogP contribution in [0.5, 0.6) is 0 Å². The van der Waals surface area contributed by atoms with E-state index >= 15 is 0 Å². The van der Waals surface area contributed by atoms with Crippen LogP contribution in [-0.2, 0) is 0 Å². The highest BCUT2D eigenvalue weighted by molar-refractivity contribution is 7.99. The first-order valence-electron chi connectivity index (χ1n) is 10.7. The van der Waals surface area contributed by atoms with E-state index in [9.17, 15) is 4.79 Å². The van der Waals surface area contributed by atoms with Crippen LogP contribution in [0.25, 0.3) is 21.6 Å². The molecule has 0 unspecified atom stereocenters. The minimum atomic E-state index is -0.217. The minimum Gasteiger partial charge on any atom is -0.306 e. The van der Waals surface area contributed by atoms with Crippen molar-refractivity contribution in [2.24, 2.45) is 0 Å². The third-order valence-electron chi connectivity index (χ3n) is 5.51. The summed E-state index contributed by atoms with van der Waals surface area (Å²) in [4.78, 5) is 28.8. The fourth-order valence-electron chi connectivity index (χ4n) is 3.68. The van der Waals surface area contributed by atoms with Crippen molar-refractivity contribution in [2.75, 3.05) is 25.5 Å². The number of aryl methyl sites for hydroxylation is 1. The highest BCUT2D eigenvalue weighted by atomic mass is 32.2. The quantitative estimate of drug-likeness (QED) is 0.455. The van der Waals surface area contributed by atoms with E-state index < -0.39 is 0 Å². The number of piperidine rings is 1. The lowest BCUT2D eigenvalue weighted by molar-refractivity contribution is 0.102. The van der Waals surface area contributed by atoms with Crippen LogP contribution in [0, 0.1) is 6.92 Å². The molecule has 1 aliphatic rings. The Morgan fingerprint density at radius 3 is 2.79 bits per heavy atom. The number of amides is 1. The van der Waals surface area contributed by atoms with Gasteiger partial charge in [0, 0.05) is 34.7 Å². The summed E-state index contributed by atoms with van der Waals surface area (Å²) in [5, 5.41) is 15.1. The molecule has 1 saturated heterocycles. The van der Waals surface area contributed by atoms with Crippen molar-refractivity contribution in [3.05, 3.63) is 53.3 Å². The number of carbonyl (C=O) groups excluding carboxylic acids is 1. The molecule has 5 rings (SSSR count). The van der Waals surface area contributed by atoms with Crippen molar-refractivity contribution in [2.45, 2.75) is 30.0 Å². The molecule has 0 atom stereocenters. The maximum Gasteiger partial charge on any atom is 0.256 e. The molecule has 0 aliphatic carbocycles. The molecule has 0 spiro atoms. The fourth-order valence-corrected chi connectivity index (χ4v) is 5.45. The van der Waals surface area contributed by atoms with Crippen molar-refractivity contribution < 1.29 is 4.79 Å². The van der Waals surface area contributed by atoms with E-state index in [0.717, 1.165) is 57.6 Å². The molecule has 10 heteroatoms. The lowest BCUT2D eigenvalue weighted by Gasteiger charge is -2.28. The normalized spacial score (nSPS) is 15.1. The van der Waals surface area contributed by atoms with Crippen LogP contribution >= 0.6 is 23.1 Å². The predicted octanol–water partition coefficient (Wildman–Crippen LogP) is 4.29. The standard InChI is InChI=1S/C23H23N7OS2/c1-14-28-29-23(32-14)18-4-3-16-13-25-20(12-19(16)26-18)27-22(31)15-5-8-24-21(11-15)33-17-6-9-30(2)10-7-17/h3-5,8,11-13,17H,6-7,9-10H2,1-2H3,(H,25,27,31). The van der Waals surface area contributed by atoms with Gasteiger partial charge in [-0.3, -0.25) is 4.79 Å². The number of aromatic nitrogens is 5. The van der Waals surface area contributed by atoms with Gasteiger partial charge < -0.3 is 10.2 Å². The average molecular weight is 478 g/mol. The topological polar surface area (TPSA) is 96.8 Å². The Bertz CT molecular complexity index is 1300. The van der Waals surface area contributed by atoms with E-state index in [1.165, 1.54) is 11.3 Å². The predicted molar refractivity (Wildman–Crippen MR) is 132 cm³/mol. The Morgan fingerprint density at radius 2 is 2.00 bits per heavy atom. The van der Waals surface area contributed by atoms with E-state index in [1.807, 2.05) is 25.1 Å². The third kappa shape index (κ3) is 5.18. The first kappa shape index (κ1) is 21.9. The molecule has 1 aliphatic heterocycles. The van der Waals surface area contributed by atoms with Crippen molar-refractivity contribution in [3.8, 4) is 10.7 Å². The molecule has 1 amide bonds. The number of anilines is 1. The maximum atomic E-state index is 12.9. The first-order valence-corrected chi connectivity index (χ1v) is 12.4. The highest BCUT2D eigenvalue weighted by Gasteiger charge is 2.19. The summed E-state index contributed by atoms with van der Waals surface area (Å²) in [6.07, 6.45) is 5.66. The van der Waals surface area contributed by atoms with Crippen molar-refractivity contribution in [1.82, 2.24) is 30.0 Å². The van der Waals surface area contributed by atoms with Gasteiger partial charge in [0.05, 0.1) is 10.5 Å². The summed E-state index contributed by atoms with van der Waals surface area (Å²) in [7, 11) is 2.15. The van der Waals surface area contributed by atoms with Gasteiger partial charge in [-0.25, -0.2) is 15.0 Å². The molecule has 8 nitrogen and oxygen atoms in total. The van der Waals surface area contributed by atoms with E-state index in [-0.39, 0.29) is 5.91 Å². The van der Waals surface area contributed by atoms with Crippen molar-refractivity contribution >= 4 is 45.7 Å². The van der Waals surface area contributed by atoms with Gasteiger partial charge in [0.1, 0.15) is 16.5 Å². The Kier molecular flexibility index (Phi) is 6.30. The summed E-state index contributed by atoms with van der Waals surface area (Å²) >= 11 is 3.25. The van der Waals surface area contributed by atoms with Gasteiger partial charge in [0.15, 0.2) is 5.01 Å². The van der Waals surface area contributed by atoms with Crippen LogP contribution in [0.1, 0.15) is 28.2 Å². The molecular weight excluding hydrogens is 454 g/mol. The number of hydrogen-bond acceptors (Lipinski definition) is 9. The van der Waals surface area contributed by atoms with Gasteiger partial charge in [-0.15, -0.1) is 22.0 Å². The van der Waals surface area contributed by atoms with Crippen LogP contribution < -0.4 is 5.32 Å². The minimum absolute atomic E-state index is 0.217. The van der Waals surface area contributed by atoms with Crippen LogP contribution in [0.4, 0.5) is 5.82 Å². The maximum absolute atomic E-state index is 12.9. The molecule has 0 bridgehead atoms. The van der Waals surface area contributed by atoms with Gasteiger partial charge in [-0.2, -0.15) is 0 Å². The second-order valence-electron chi connectivity index (χ2n) is 8.04. The molecule has 0 radical (unpaired) electrons. The largest absolute Gasteiger partial charge is 0.306 e. The van der Waals surface area contributed by atoms with Gasteiger partial charge in [0.2, 0.25) is 0 Å². The number of likely N-dealkylation sites (tertiary alicyclic amines) is 1. The fraction of sp³-hybridized carbons (Fsp3) is 0.304. The SMILES string of the molecule is Cc1nnc(-c2ccc3cnc(NC(=O)c4ccnc(SC5CCN(C)CC5)c4)cc3n2)s1. The molecule has 4 aromatic rings. The smallest absolute Gasteiger partial charge is 0.256 e. The highest BCUT2D eigenvalue weighted by Crippen LogP contribution is 2.29. The zero-order chi connectivity index (χ0) is 22.8. The Balaban J connectivity index is 1.31. The average Bonchev–Trinajstić information content (AvgIpc) is 3.26. The Labute approximate surface area is 199 Å². The van der Waals surface area contributed by atoms with E-state index in [0.29, 0.717) is 16.6 Å². The lowest BCUT2D eigenvalue weighted by atomic mass is 10.1. The third-order valence-corrected chi connectivity index (χ3v) is 7.64. The van der Waals surface area contributed by atoms with Gasteiger partial charge in [-0.1, -0.05) is 11.3 Å². The lowest BCUT2D eigenvalue weighted by Crippen LogP contribution is -2.31. The first-order chi connectivity index (χ1) is 16.0. The monoisotopic (exact) mass is 477 g/mol. The number of rotatable bonds is 5. The number of nitrogens with zero attached hydrogens (tertiary/aromatic N) is 6. The molecule has 168 valence electrons. The molecule has 0 aromatic carbocycles. The number of carbonyl (C=O) groups is 1. The molecule has 33 heavy (non-hydrogen) atoms. The van der Waals surface area contributed by atoms with E-state index in [1.54, 1.807) is 36.3 Å². The van der Waals surface area contributed by atoms with Crippen LogP contribution in [0.15, 0.2) is 47.8 Å². The molecule has 1 fully saturated rings.